The molecule has 1 N–H and O–H groups in total. The average molecular weight is 368 g/mol. The molecule has 0 unspecified atom stereocenters. The van der Waals surface area contributed by atoms with E-state index in [-0.39, 0.29) is 30.0 Å². The second-order valence-corrected chi connectivity index (χ2v) is 7.11. The highest BCUT2D eigenvalue weighted by molar-refractivity contribution is 5.81. The third-order valence-electron chi connectivity index (χ3n) is 5.18. The Balaban J connectivity index is 1.46. The molecule has 1 aliphatic heterocycles. The van der Waals surface area contributed by atoms with Crippen LogP contribution in [-0.4, -0.2) is 29.8 Å². The van der Waals surface area contributed by atoms with Crippen LogP contribution in [0.15, 0.2) is 48.5 Å². The van der Waals surface area contributed by atoms with Gasteiger partial charge in [-0.1, -0.05) is 36.4 Å². The van der Waals surface area contributed by atoms with E-state index < -0.39 is 0 Å². The number of nitrogens with zero attached hydrogens (tertiary/aromatic N) is 1. The predicted molar refractivity (Wildman–Crippen MR) is 102 cm³/mol. The van der Waals surface area contributed by atoms with Crippen molar-refractivity contribution in [3.8, 4) is 0 Å². The molecule has 4 nitrogen and oxygen atoms in total. The number of hydrogen-bond donors (Lipinski definition) is 1. The van der Waals surface area contributed by atoms with Crippen LogP contribution in [0.5, 0.6) is 0 Å². The minimum atomic E-state index is -0.329. The topological polar surface area (TPSA) is 49.4 Å². The van der Waals surface area contributed by atoms with Crippen LogP contribution in [0, 0.1) is 18.7 Å². The quantitative estimate of drug-likeness (QED) is 0.881. The summed E-state index contributed by atoms with van der Waals surface area (Å²) in [5.41, 5.74) is 2.96. The number of rotatable bonds is 5. The van der Waals surface area contributed by atoms with E-state index in [1.54, 1.807) is 17.0 Å². The van der Waals surface area contributed by atoms with E-state index in [1.165, 1.54) is 12.1 Å². The van der Waals surface area contributed by atoms with Crippen molar-refractivity contribution < 1.29 is 14.0 Å². The first-order valence-electron chi connectivity index (χ1n) is 9.37. The molecular weight excluding hydrogens is 343 g/mol. The summed E-state index contributed by atoms with van der Waals surface area (Å²) in [5.74, 6) is -0.355. The Labute approximate surface area is 159 Å². The predicted octanol–water partition coefficient (Wildman–Crippen LogP) is 3.23. The minimum absolute atomic E-state index is 0.0145. The van der Waals surface area contributed by atoms with Gasteiger partial charge in [-0.2, -0.15) is 0 Å². The van der Waals surface area contributed by atoms with E-state index in [9.17, 15) is 14.0 Å². The Morgan fingerprint density at radius 2 is 1.85 bits per heavy atom. The summed E-state index contributed by atoms with van der Waals surface area (Å²) in [7, 11) is 0. The van der Waals surface area contributed by atoms with Gasteiger partial charge in [0.25, 0.3) is 0 Å². The van der Waals surface area contributed by atoms with Crippen LogP contribution < -0.4 is 5.32 Å². The summed E-state index contributed by atoms with van der Waals surface area (Å²) in [6.45, 7) is 3.70. The highest BCUT2D eigenvalue weighted by Crippen LogP contribution is 2.19. The molecular formula is C22H25FN2O2. The fourth-order valence-corrected chi connectivity index (χ4v) is 3.46. The second-order valence-electron chi connectivity index (χ2n) is 7.11. The first-order valence-corrected chi connectivity index (χ1v) is 9.37. The van der Waals surface area contributed by atoms with Gasteiger partial charge in [-0.15, -0.1) is 0 Å². The number of benzene rings is 2. The van der Waals surface area contributed by atoms with Crippen LogP contribution in [0.25, 0.3) is 0 Å². The molecule has 0 bridgehead atoms. The van der Waals surface area contributed by atoms with Crippen LogP contribution in [0.3, 0.4) is 0 Å². The third kappa shape index (κ3) is 5.16. The molecule has 2 amide bonds. The van der Waals surface area contributed by atoms with E-state index >= 15 is 0 Å². The van der Waals surface area contributed by atoms with Gasteiger partial charge in [-0.05, 0) is 48.6 Å². The monoisotopic (exact) mass is 368 g/mol. The first-order chi connectivity index (χ1) is 13.0. The number of carbonyl (C=O) groups is 2. The lowest BCUT2D eigenvalue weighted by molar-refractivity contribution is -0.135. The smallest absolute Gasteiger partial charge is 0.226 e. The number of aryl methyl sites for hydroxylation is 1. The number of amides is 2. The molecule has 0 atom stereocenters. The Morgan fingerprint density at radius 1 is 1.11 bits per heavy atom. The van der Waals surface area contributed by atoms with Crippen LogP contribution in [0.4, 0.5) is 4.39 Å². The van der Waals surface area contributed by atoms with Gasteiger partial charge in [0.05, 0.1) is 6.42 Å². The fraction of sp³-hybridized carbons (Fsp3) is 0.364. The zero-order valence-electron chi connectivity index (χ0n) is 15.6. The van der Waals surface area contributed by atoms with Gasteiger partial charge in [0.1, 0.15) is 5.82 Å². The maximum absolute atomic E-state index is 13.3. The molecule has 0 spiro atoms. The molecule has 27 heavy (non-hydrogen) atoms. The summed E-state index contributed by atoms with van der Waals surface area (Å²) in [6, 6.07) is 14.1. The van der Waals surface area contributed by atoms with Crippen molar-refractivity contribution in [1.82, 2.24) is 10.2 Å². The minimum Gasteiger partial charge on any atom is -0.352 e. The highest BCUT2D eigenvalue weighted by atomic mass is 19.1. The lowest BCUT2D eigenvalue weighted by Crippen LogP contribution is -2.43. The van der Waals surface area contributed by atoms with Gasteiger partial charge in [0.15, 0.2) is 0 Å². The number of hydrogen-bond acceptors (Lipinski definition) is 2. The van der Waals surface area contributed by atoms with Gasteiger partial charge in [0, 0.05) is 25.6 Å². The van der Waals surface area contributed by atoms with Crippen molar-refractivity contribution in [2.75, 3.05) is 13.1 Å². The summed E-state index contributed by atoms with van der Waals surface area (Å²) < 4.78 is 13.3. The zero-order valence-corrected chi connectivity index (χ0v) is 15.6. The summed E-state index contributed by atoms with van der Waals surface area (Å²) >= 11 is 0. The van der Waals surface area contributed by atoms with E-state index in [2.05, 4.69) is 5.32 Å². The molecule has 0 aromatic heterocycles. The van der Waals surface area contributed by atoms with Crippen molar-refractivity contribution in [3.05, 3.63) is 71.0 Å². The average Bonchev–Trinajstić information content (AvgIpc) is 2.67. The third-order valence-corrected chi connectivity index (χ3v) is 5.18. The van der Waals surface area contributed by atoms with Crippen molar-refractivity contribution in [2.24, 2.45) is 5.92 Å². The van der Waals surface area contributed by atoms with Crippen molar-refractivity contribution >= 4 is 11.8 Å². The largest absolute Gasteiger partial charge is 0.352 e. The van der Waals surface area contributed by atoms with Gasteiger partial charge in [0.2, 0.25) is 11.8 Å². The number of piperidine rings is 1. The molecule has 2 aromatic carbocycles. The van der Waals surface area contributed by atoms with Gasteiger partial charge in [-0.3, -0.25) is 9.59 Å². The summed E-state index contributed by atoms with van der Waals surface area (Å²) in [6.07, 6.45) is 1.52. The number of likely N-dealkylation sites (tertiary alicyclic amines) is 1. The van der Waals surface area contributed by atoms with Crippen molar-refractivity contribution in [2.45, 2.75) is 32.7 Å². The molecule has 1 heterocycles. The maximum atomic E-state index is 13.3. The lowest BCUT2D eigenvalue weighted by atomic mass is 9.95. The summed E-state index contributed by atoms with van der Waals surface area (Å²) in [5, 5.41) is 3.02. The van der Waals surface area contributed by atoms with Gasteiger partial charge >= 0.3 is 0 Å². The molecule has 1 aliphatic rings. The van der Waals surface area contributed by atoms with Crippen LogP contribution in [0.2, 0.25) is 0 Å². The SMILES string of the molecule is Cc1ccccc1CNC(=O)C1CCN(C(=O)Cc2cccc(F)c2)CC1. The van der Waals surface area contributed by atoms with E-state index in [0.717, 1.165) is 11.1 Å². The maximum Gasteiger partial charge on any atom is 0.226 e. The van der Waals surface area contributed by atoms with Gasteiger partial charge in [-0.25, -0.2) is 4.39 Å². The van der Waals surface area contributed by atoms with E-state index in [1.807, 2.05) is 31.2 Å². The van der Waals surface area contributed by atoms with Crippen LogP contribution in [0.1, 0.15) is 29.5 Å². The molecule has 1 fully saturated rings. The molecule has 0 radical (unpaired) electrons. The molecule has 3 rings (SSSR count). The Kier molecular flexibility index (Phi) is 6.22. The Bertz CT molecular complexity index is 813. The van der Waals surface area contributed by atoms with Crippen LogP contribution in [-0.2, 0) is 22.6 Å². The molecule has 142 valence electrons. The molecule has 1 saturated heterocycles. The lowest BCUT2D eigenvalue weighted by Gasteiger charge is -2.31. The van der Waals surface area contributed by atoms with Gasteiger partial charge < -0.3 is 10.2 Å². The Morgan fingerprint density at radius 3 is 2.56 bits per heavy atom. The van der Waals surface area contributed by atoms with E-state index in [4.69, 9.17) is 0 Å². The number of nitrogens with one attached hydrogen (secondary N) is 1. The van der Waals surface area contributed by atoms with Crippen LogP contribution >= 0.6 is 0 Å². The van der Waals surface area contributed by atoms with Crippen molar-refractivity contribution in [3.63, 3.8) is 0 Å². The van der Waals surface area contributed by atoms with Crippen molar-refractivity contribution in [1.29, 1.82) is 0 Å². The summed E-state index contributed by atoms with van der Waals surface area (Å²) in [4.78, 5) is 26.6. The highest BCUT2D eigenvalue weighted by Gasteiger charge is 2.27. The standard InChI is InChI=1S/C22H25FN2O2/c1-16-5-2-3-7-19(16)15-24-22(27)18-9-11-25(12-10-18)21(26)14-17-6-4-8-20(23)13-17/h2-8,13,18H,9-12,14-15H2,1H3,(H,24,27). The first kappa shape index (κ1) is 19.1. The molecule has 5 heteroatoms. The molecule has 0 aliphatic carbocycles. The number of halogens is 1. The molecule has 0 saturated carbocycles. The normalized spacial score (nSPS) is 14.8. The van der Waals surface area contributed by atoms with E-state index in [0.29, 0.717) is 38.0 Å². The second kappa shape index (κ2) is 8.80. The molecule has 2 aromatic rings. The Hall–Kier alpha value is -2.69. The zero-order chi connectivity index (χ0) is 19.2. The fourth-order valence-electron chi connectivity index (χ4n) is 3.46. The number of carbonyl (C=O) groups excluding carboxylic acids is 2.